The van der Waals surface area contributed by atoms with E-state index in [4.69, 9.17) is 0 Å². The summed E-state index contributed by atoms with van der Waals surface area (Å²) >= 11 is 0. The van der Waals surface area contributed by atoms with Crippen LogP contribution in [0.5, 0.6) is 5.75 Å². The van der Waals surface area contributed by atoms with Crippen molar-refractivity contribution in [2.75, 3.05) is 13.1 Å². The van der Waals surface area contributed by atoms with Crippen LogP contribution < -0.4 is 4.74 Å². The highest BCUT2D eigenvalue weighted by Crippen LogP contribution is 2.68. The van der Waals surface area contributed by atoms with E-state index >= 15 is 0 Å². The first kappa shape index (κ1) is 16.2. The monoisotopic (exact) mass is 341 g/mol. The van der Waals surface area contributed by atoms with E-state index in [9.17, 15) is 33.4 Å². The summed E-state index contributed by atoms with van der Waals surface area (Å²) in [5.74, 6) is -3.14. The molecule has 2 atom stereocenters. The summed E-state index contributed by atoms with van der Waals surface area (Å²) in [6.07, 6.45) is -0.00435. The number of carbonyl (C=O) groups excluding carboxylic acids is 1. The van der Waals surface area contributed by atoms with Crippen LogP contribution in [-0.4, -0.2) is 52.7 Å². The van der Waals surface area contributed by atoms with Gasteiger partial charge >= 0.3 is 18.6 Å². The largest absolute Gasteiger partial charge is 0.481 e. The maximum Gasteiger partial charge on any atom is 0.387 e. The quantitative estimate of drug-likeness (QED) is 0.836. The Labute approximate surface area is 134 Å². The molecule has 1 saturated heterocycles. The minimum Gasteiger partial charge on any atom is -0.481 e. The van der Waals surface area contributed by atoms with Crippen molar-refractivity contribution in [2.45, 2.75) is 13.0 Å². The molecular weight excluding hydrogens is 328 g/mol. The van der Waals surface area contributed by atoms with Gasteiger partial charge in [-0.2, -0.15) is 8.78 Å². The maximum absolute atomic E-state index is 12.4. The molecule has 1 amide bonds. The number of ether oxygens (including phenoxy) is 1. The Hall–Kier alpha value is -2.71. The fourth-order valence-electron chi connectivity index (χ4n) is 3.39. The van der Waals surface area contributed by atoms with E-state index in [1.807, 2.05) is 0 Å². The molecule has 2 aliphatic rings. The number of hydrogen-bond donors (Lipinski definition) is 2. The fourth-order valence-corrected chi connectivity index (χ4v) is 3.39. The van der Waals surface area contributed by atoms with Crippen molar-refractivity contribution >= 4 is 17.8 Å². The van der Waals surface area contributed by atoms with Crippen molar-refractivity contribution in [2.24, 2.45) is 10.8 Å². The van der Waals surface area contributed by atoms with Crippen LogP contribution in [0.4, 0.5) is 8.78 Å². The number of nitrogens with zero attached hydrogens (tertiary/aromatic N) is 1. The molecule has 1 heterocycles. The zero-order valence-corrected chi connectivity index (χ0v) is 12.2. The van der Waals surface area contributed by atoms with E-state index in [2.05, 4.69) is 4.74 Å². The zero-order chi connectivity index (χ0) is 17.7. The van der Waals surface area contributed by atoms with Gasteiger partial charge in [0.25, 0.3) is 5.91 Å². The normalized spacial score (nSPS) is 27.7. The molecule has 24 heavy (non-hydrogen) atoms. The highest BCUT2D eigenvalue weighted by atomic mass is 19.3. The Balaban J connectivity index is 1.78. The lowest BCUT2D eigenvalue weighted by Gasteiger charge is -2.20. The van der Waals surface area contributed by atoms with Crippen molar-refractivity contribution in [3.8, 4) is 5.75 Å². The second-order valence-electron chi connectivity index (χ2n) is 6.02. The fraction of sp³-hybridized carbons (Fsp3) is 0.400. The number of fused-ring (bicyclic) bond motifs is 1. The van der Waals surface area contributed by atoms with Crippen LogP contribution >= 0.6 is 0 Å². The molecular formula is C15H13F2NO6. The number of rotatable bonds is 5. The second-order valence-corrected chi connectivity index (χ2v) is 6.02. The summed E-state index contributed by atoms with van der Waals surface area (Å²) in [5.41, 5.74) is -2.76. The molecule has 0 radical (unpaired) electrons. The third kappa shape index (κ3) is 2.19. The SMILES string of the molecule is O=C(c1ccc(OC(F)F)cc1)N1C[C@@]2(C(=O)O)C[C@@]2(C(=O)O)C1. The van der Waals surface area contributed by atoms with E-state index in [-0.39, 0.29) is 30.8 Å². The van der Waals surface area contributed by atoms with Gasteiger partial charge in [-0.15, -0.1) is 0 Å². The van der Waals surface area contributed by atoms with Gasteiger partial charge in [0, 0.05) is 18.7 Å². The lowest BCUT2D eigenvalue weighted by Crippen LogP contribution is -2.34. The van der Waals surface area contributed by atoms with Gasteiger partial charge in [-0.25, -0.2) is 0 Å². The number of alkyl halides is 2. The van der Waals surface area contributed by atoms with E-state index in [0.717, 1.165) is 0 Å². The third-order valence-corrected chi connectivity index (χ3v) is 4.75. The van der Waals surface area contributed by atoms with Crippen LogP contribution in [0, 0.1) is 10.8 Å². The maximum atomic E-state index is 12.4. The molecule has 0 bridgehead atoms. The van der Waals surface area contributed by atoms with Gasteiger partial charge in [0.05, 0.1) is 0 Å². The molecule has 0 aromatic heterocycles. The highest BCUT2D eigenvalue weighted by molar-refractivity contribution is 6.00. The molecule has 2 N–H and O–H groups in total. The van der Waals surface area contributed by atoms with Crippen LogP contribution in [0.2, 0.25) is 0 Å². The Morgan fingerprint density at radius 1 is 1.04 bits per heavy atom. The lowest BCUT2D eigenvalue weighted by molar-refractivity contribution is -0.151. The van der Waals surface area contributed by atoms with E-state index in [1.54, 1.807) is 0 Å². The van der Waals surface area contributed by atoms with Gasteiger partial charge in [-0.1, -0.05) is 0 Å². The second kappa shape index (κ2) is 5.15. The average Bonchev–Trinajstić information content (AvgIpc) is 3.05. The molecule has 0 unspecified atom stereocenters. The molecule has 0 spiro atoms. The topological polar surface area (TPSA) is 104 Å². The molecule has 1 aliphatic heterocycles. The van der Waals surface area contributed by atoms with Gasteiger partial charge in [0.2, 0.25) is 0 Å². The molecule has 9 heteroatoms. The Bertz CT molecular complexity index is 693. The van der Waals surface area contributed by atoms with Gasteiger partial charge in [0.1, 0.15) is 16.6 Å². The number of likely N-dealkylation sites (tertiary alicyclic amines) is 1. The molecule has 1 aromatic carbocycles. The number of amides is 1. The molecule has 2 fully saturated rings. The molecule has 1 aliphatic carbocycles. The third-order valence-electron chi connectivity index (χ3n) is 4.75. The van der Waals surface area contributed by atoms with E-state index < -0.39 is 35.3 Å². The summed E-state index contributed by atoms with van der Waals surface area (Å²) in [5, 5.41) is 18.7. The molecule has 128 valence electrons. The first-order chi connectivity index (χ1) is 11.2. The van der Waals surface area contributed by atoms with E-state index in [1.165, 1.54) is 29.2 Å². The van der Waals surface area contributed by atoms with Gasteiger partial charge in [-0.3, -0.25) is 14.4 Å². The number of benzene rings is 1. The predicted molar refractivity (Wildman–Crippen MR) is 73.7 cm³/mol. The number of halogens is 2. The summed E-state index contributed by atoms with van der Waals surface area (Å²) in [6.45, 7) is -3.37. The number of carbonyl (C=O) groups is 3. The molecule has 1 aromatic rings. The summed E-state index contributed by atoms with van der Waals surface area (Å²) in [6, 6.07) is 4.92. The summed E-state index contributed by atoms with van der Waals surface area (Å²) < 4.78 is 28.4. The Morgan fingerprint density at radius 2 is 1.54 bits per heavy atom. The van der Waals surface area contributed by atoms with Crippen molar-refractivity contribution in [3.63, 3.8) is 0 Å². The number of aliphatic carboxylic acids is 2. The number of carboxylic acids is 2. The molecule has 7 nitrogen and oxygen atoms in total. The van der Waals surface area contributed by atoms with Gasteiger partial charge in [0.15, 0.2) is 0 Å². The first-order valence-corrected chi connectivity index (χ1v) is 7.03. The van der Waals surface area contributed by atoms with Crippen LogP contribution in [0.15, 0.2) is 24.3 Å². The number of hydrogen-bond acceptors (Lipinski definition) is 4. The first-order valence-electron chi connectivity index (χ1n) is 7.03. The van der Waals surface area contributed by atoms with Crippen LogP contribution in [-0.2, 0) is 9.59 Å². The lowest BCUT2D eigenvalue weighted by atomic mass is 9.97. The molecule has 1 saturated carbocycles. The average molecular weight is 341 g/mol. The molecule has 3 rings (SSSR count). The minimum absolute atomic E-state index is 0.00435. The Kier molecular flexibility index (Phi) is 3.47. The number of carboxylic acid groups (broad SMARTS) is 2. The van der Waals surface area contributed by atoms with Gasteiger partial charge in [-0.05, 0) is 30.7 Å². The van der Waals surface area contributed by atoms with Crippen molar-refractivity contribution < 1.29 is 38.1 Å². The number of piperidine rings is 1. The van der Waals surface area contributed by atoms with Crippen LogP contribution in [0.3, 0.4) is 0 Å². The summed E-state index contributed by atoms with van der Waals surface area (Å²) in [7, 11) is 0. The van der Waals surface area contributed by atoms with Crippen molar-refractivity contribution in [3.05, 3.63) is 29.8 Å². The minimum atomic E-state index is -2.98. The predicted octanol–water partition coefficient (Wildman–Crippen LogP) is 1.29. The van der Waals surface area contributed by atoms with Crippen LogP contribution in [0.1, 0.15) is 16.8 Å². The standard InChI is InChI=1S/C15H13F2NO6/c16-13(17)24-9-3-1-8(2-4-9)10(19)18-6-14(11(20)21)5-15(14,7-18)12(22)23/h1-4,13H,5-7H2,(H,20,21)(H,22,23)/t14-,15+. The summed E-state index contributed by atoms with van der Waals surface area (Å²) in [4.78, 5) is 36.5. The van der Waals surface area contributed by atoms with Gasteiger partial charge < -0.3 is 19.8 Å². The smallest absolute Gasteiger partial charge is 0.387 e. The Morgan fingerprint density at radius 3 is 1.96 bits per heavy atom. The highest BCUT2D eigenvalue weighted by Gasteiger charge is 2.81. The van der Waals surface area contributed by atoms with Crippen molar-refractivity contribution in [1.29, 1.82) is 0 Å². The van der Waals surface area contributed by atoms with Crippen LogP contribution in [0.25, 0.3) is 0 Å². The van der Waals surface area contributed by atoms with Crippen molar-refractivity contribution in [1.82, 2.24) is 4.90 Å². The zero-order valence-electron chi connectivity index (χ0n) is 12.2. The van der Waals surface area contributed by atoms with E-state index in [0.29, 0.717) is 0 Å².